The molecule has 2 heteroatoms. The molecule has 0 aliphatic rings. The van der Waals surface area contributed by atoms with E-state index in [2.05, 4.69) is 13.8 Å². The van der Waals surface area contributed by atoms with Crippen LogP contribution in [-0.2, 0) is 0 Å². The highest BCUT2D eigenvalue weighted by molar-refractivity contribution is 5.35. The summed E-state index contributed by atoms with van der Waals surface area (Å²) < 4.78 is 5.75. The van der Waals surface area contributed by atoms with Gasteiger partial charge in [-0.2, -0.15) is 0 Å². The van der Waals surface area contributed by atoms with Crippen LogP contribution in [0, 0.1) is 5.92 Å². The van der Waals surface area contributed by atoms with E-state index in [0.717, 1.165) is 24.2 Å². The van der Waals surface area contributed by atoms with Gasteiger partial charge in [0.2, 0.25) is 0 Å². The molecule has 0 radical (unpaired) electrons. The Hall–Kier alpha value is -1.02. The molecule has 1 rings (SSSR count). The van der Waals surface area contributed by atoms with Crippen LogP contribution in [0.5, 0.6) is 5.75 Å². The molecular formula is C15H24O2. The van der Waals surface area contributed by atoms with Crippen LogP contribution < -0.4 is 4.74 Å². The van der Waals surface area contributed by atoms with Gasteiger partial charge >= 0.3 is 0 Å². The predicted molar refractivity (Wildman–Crippen MR) is 71.2 cm³/mol. The first-order chi connectivity index (χ1) is 8.10. The van der Waals surface area contributed by atoms with Gasteiger partial charge in [-0.3, -0.25) is 0 Å². The van der Waals surface area contributed by atoms with Gasteiger partial charge in [-0.05, 0) is 25.8 Å². The first-order valence-electron chi connectivity index (χ1n) is 6.53. The fourth-order valence-corrected chi connectivity index (χ4v) is 2.08. The van der Waals surface area contributed by atoms with E-state index in [0.29, 0.717) is 5.92 Å². The van der Waals surface area contributed by atoms with Crippen LogP contribution in [-0.4, -0.2) is 11.2 Å². The van der Waals surface area contributed by atoms with E-state index in [1.54, 1.807) is 0 Å². The Kier molecular flexibility index (Phi) is 5.49. The molecule has 1 atom stereocenters. The second-order valence-electron chi connectivity index (χ2n) is 4.73. The average Bonchev–Trinajstić information content (AvgIpc) is 2.30. The smallest absolute Gasteiger partial charge is 0.125 e. The van der Waals surface area contributed by atoms with Gasteiger partial charge in [-0.15, -0.1) is 0 Å². The number of aliphatic hydroxyl groups excluding tert-OH is 1. The Morgan fingerprint density at radius 1 is 1.12 bits per heavy atom. The van der Waals surface area contributed by atoms with Gasteiger partial charge in [-0.1, -0.05) is 44.9 Å². The van der Waals surface area contributed by atoms with Crippen molar-refractivity contribution in [3.63, 3.8) is 0 Å². The van der Waals surface area contributed by atoms with Gasteiger partial charge < -0.3 is 9.84 Å². The van der Waals surface area contributed by atoms with Crippen LogP contribution in [0.1, 0.15) is 52.2 Å². The van der Waals surface area contributed by atoms with Crippen LogP contribution in [0.15, 0.2) is 24.3 Å². The Bertz CT molecular complexity index is 329. The summed E-state index contributed by atoms with van der Waals surface area (Å²) in [5, 5.41) is 10.4. The number of hydrogen-bond acceptors (Lipinski definition) is 2. The van der Waals surface area contributed by atoms with Gasteiger partial charge in [0.05, 0.1) is 12.2 Å². The zero-order valence-electron chi connectivity index (χ0n) is 11.3. The van der Waals surface area contributed by atoms with Crippen molar-refractivity contribution in [2.45, 2.75) is 52.7 Å². The van der Waals surface area contributed by atoms with Crippen molar-refractivity contribution in [2.75, 3.05) is 0 Å². The highest BCUT2D eigenvalue weighted by Gasteiger charge is 2.21. The Balaban J connectivity index is 2.95. The van der Waals surface area contributed by atoms with E-state index in [-0.39, 0.29) is 6.10 Å². The largest absolute Gasteiger partial charge is 0.491 e. The van der Waals surface area contributed by atoms with Gasteiger partial charge in [-0.25, -0.2) is 0 Å². The number of ether oxygens (including phenoxy) is 1. The lowest BCUT2D eigenvalue weighted by Gasteiger charge is -2.23. The molecule has 0 spiro atoms. The standard InChI is InChI=1S/C15H24O2/c1-5-12(6-2)15(16)13-9-7-8-10-14(13)17-11(3)4/h7-12,15-16H,5-6H2,1-4H3. The molecule has 0 amide bonds. The molecule has 17 heavy (non-hydrogen) atoms. The van der Waals surface area contributed by atoms with E-state index in [9.17, 15) is 5.11 Å². The summed E-state index contributed by atoms with van der Waals surface area (Å²) in [4.78, 5) is 0. The third-order valence-electron chi connectivity index (χ3n) is 3.10. The summed E-state index contributed by atoms with van der Waals surface area (Å²) in [6.45, 7) is 8.23. The van der Waals surface area contributed by atoms with Crippen molar-refractivity contribution < 1.29 is 9.84 Å². The van der Waals surface area contributed by atoms with E-state index < -0.39 is 6.10 Å². The third kappa shape index (κ3) is 3.74. The molecule has 0 saturated heterocycles. The summed E-state index contributed by atoms with van der Waals surface area (Å²) in [6.07, 6.45) is 1.66. The fraction of sp³-hybridized carbons (Fsp3) is 0.600. The summed E-state index contributed by atoms with van der Waals surface area (Å²) >= 11 is 0. The molecule has 0 bridgehead atoms. The Labute approximate surface area is 105 Å². The molecule has 2 nitrogen and oxygen atoms in total. The Morgan fingerprint density at radius 2 is 1.71 bits per heavy atom. The SMILES string of the molecule is CCC(CC)C(O)c1ccccc1OC(C)C. The van der Waals surface area contributed by atoms with Crippen LogP contribution in [0.4, 0.5) is 0 Å². The second-order valence-corrected chi connectivity index (χ2v) is 4.73. The molecule has 0 aliphatic heterocycles. The molecular weight excluding hydrogens is 212 g/mol. The monoisotopic (exact) mass is 236 g/mol. The van der Waals surface area contributed by atoms with Crippen LogP contribution in [0.2, 0.25) is 0 Å². The van der Waals surface area contributed by atoms with E-state index in [1.165, 1.54) is 0 Å². The van der Waals surface area contributed by atoms with E-state index in [1.807, 2.05) is 38.1 Å². The minimum Gasteiger partial charge on any atom is -0.491 e. The molecule has 0 saturated carbocycles. The first kappa shape index (κ1) is 14.0. The maximum Gasteiger partial charge on any atom is 0.125 e. The van der Waals surface area contributed by atoms with Gasteiger partial charge in [0, 0.05) is 5.56 Å². The van der Waals surface area contributed by atoms with Crippen LogP contribution >= 0.6 is 0 Å². The lowest BCUT2D eigenvalue weighted by Crippen LogP contribution is -2.14. The molecule has 1 unspecified atom stereocenters. The van der Waals surface area contributed by atoms with E-state index >= 15 is 0 Å². The lowest BCUT2D eigenvalue weighted by atomic mass is 9.91. The number of para-hydroxylation sites is 1. The average molecular weight is 236 g/mol. The molecule has 0 aromatic heterocycles. The minimum absolute atomic E-state index is 0.130. The maximum absolute atomic E-state index is 10.4. The second kappa shape index (κ2) is 6.65. The molecule has 1 aromatic carbocycles. The summed E-state index contributed by atoms with van der Waals surface area (Å²) in [5.41, 5.74) is 0.912. The van der Waals surface area contributed by atoms with E-state index in [4.69, 9.17) is 4.74 Å². The van der Waals surface area contributed by atoms with Crippen molar-refractivity contribution in [3.8, 4) is 5.75 Å². The highest BCUT2D eigenvalue weighted by Crippen LogP contribution is 2.33. The number of hydrogen-bond donors (Lipinski definition) is 1. The minimum atomic E-state index is -0.431. The molecule has 1 N–H and O–H groups in total. The van der Waals surface area contributed by atoms with Crippen LogP contribution in [0.3, 0.4) is 0 Å². The van der Waals surface area contributed by atoms with Gasteiger partial charge in [0.25, 0.3) is 0 Å². The molecule has 96 valence electrons. The number of rotatable bonds is 6. The van der Waals surface area contributed by atoms with Crippen LogP contribution in [0.25, 0.3) is 0 Å². The van der Waals surface area contributed by atoms with Crippen molar-refractivity contribution in [1.82, 2.24) is 0 Å². The quantitative estimate of drug-likeness (QED) is 0.810. The zero-order chi connectivity index (χ0) is 12.8. The Morgan fingerprint density at radius 3 is 2.24 bits per heavy atom. The van der Waals surface area contributed by atoms with Gasteiger partial charge in [0.1, 0.15) is 5.75 Å². The molecule has 0 aliphatic carbocycles. The number of benzene rings is 1. The van der Waals surface area contributed by atoms with Crippen molar-refractivity contribution >= 4 is 0 Å². The lowest BCUT2D eigenvalue weighted by molar-refractivity contribution is 0.0977. The zero-order valence-corrected chi connectivity index (χ0v) is 11.3. The van der Waals surface area contributed by atoms with Crippen molar-refractivity contribution in [1.29, 1.82) is 0 Å². The normalized spacial score (nSPS) is 13.1. The first-order valence-corrected chi connectivity index (χ1v) is 6.53. The molecule has 0 fully saturated rings. The summed E-state index contributed by atoms with van der Waals surface area (Å²) in [5.74, 6) is 1.11. The summed E-state index contributed by atoms with van der Waals surface area (Å²) in [6, 6.07) is 7.79. The van der Waals surface area contributed by atoms with Crippen molar-refractivity contribution in [2.24, 2.45) is 5.92 Å². The highest BCUT2D eigenvalue weighted by atomic mass is 16.5. The number of aliphatic hydroxyl groups is 1. The summed E-state index contributed by atoms with van der Waals surface area (Å²) in [7, 11) is 0. The molecule has 0 heterocycles. The predicted octanol–water partition coefficient (Wildman–Crippen LogP) is 3.94. The van der Waals surface area contributed by atoms with Gasteiger partial charge in [0.15, 0.2) is 0 Å². The third-order valence-corrected chi connectivity index (χ3v) is 3.10. The maximum atomic E-state index is 10.4. The fourth-order valence-electron chi connectivity index (χ4n) is 2.08. The van der Waals surface area contributed by atoms with Crippen molar-refractivity contribution in [3.05, 3.63) is 29.8 Å². The molecule has 1 aromatic rings. The topological polar surface area (TPSA) is 29.5 Å².